The molecule has 0 spiro atoms. The minimum absolute atomic E-state index is 0.102. The predicted molar refractivity (Wildman–Crippen MR) is 111 cm³/mol. The summed E-state index contributed by atoms with van der Waals surface area (Å²) in [6.07, 6.45) is 3.74. The molecule has 0 radical (unpaired) electrons. The van der Waals surface area contributed by atoms with Gasteiger partial charge in [-0.1, -0.05) is 28.9 Å². The van der Waals surface area contributed by atoms with Crippen LogP contribution in [-0.4, -0.2) is 25.9 Å². The number of benzene rings is 1. The van der Waals surface area contributed by atoms with Crippen LogP contribution in [0, 0.1) is 12.3 Å². The first-order valence-corrected chi connectivity index (χ1v) is 10.1. The molecule has 3 aromatic heterocycles. The van der Waals surface area contributed by atoms with Crippen LogP contribution in [0.4, 0.5) is 0 Å². The van der Waals surface area contributed by atoms with Gasteiger partial charge in [-0.05, 0) is 30.7 Å². The van der Waals surface area contributed by atoms with Gasteiger partial charge in [0.25, 0.3) is 5.89 Å². The van der Waals surface area contributed by atoms with Crippen LogP contribution in [0.3, 0.4) is 0 Å². The zero-order valence-corrected chi connectivity index (χ0v) is 16.9. The van der Waals surface area contributed by atoms with E-state index in [1.165, 1.54) is 6.33 Å². The molecule has 29 heavy (non-hydrogen) atoms. The summed E-state index contributed by atoms with van der Waals surface area (Å²) in [5, 5.41) is 15.9. The summed E-state index contributed by atoms with van der Waals surface area (Å²) in [5.41, 5.74) is 3.48. The minimum Gasteiger partial charge on any atom is -0.362 e. The highest BCUT2D eigenvalue weighted by molar-refractivity contribution is 7.16. The molecule has 4 aromatic rings. The van der Waals surface area contributed by atoms with E-state index in [1.54, 1.807) is 17.5 Å². The van der Waals surface area contributed by atoms with E-state index in [9.17, 15) is 0 Å². The van der Waals surface area contributed by atoms with Crippen LogP contribution >= 0.6 is 22.9 Å². The number of aryl methyl sites for hydroxylation is 1. The Morgan fingerprint density at radius 2 is 2.10 bits per heavy atom. The monoisotopic (exact) mass is 422 g/mol. The molecule has 7 nitrogen and oxygen atoms in total. The summed E-state index contributed by atoms with van der Waals surface area (Å²) in [6.45, 7) is 1.85. The van der Waals surface area contributed by atoms with Crippen molar-refractivity contribution in [3.05, 3.63) is 69.8 Å². The third-order valence-corrected chi connectivity index (χ3v) is 6.48. The van der Waals surface area contributed by atoms with Gasteiger partial charge in [-0.3, -0.25) is 5.41 Å². The molecule has 0 saturated heterocycles. The van der Waals surface area contributed by atoms with Crippen molar-refractivity contribution in [2.45, 2.75) is 19.4 Å². The van der Waals surface area contributed by atoms with E-state index >= 15 is 0 Å². The summed E-state index contributed by atoms with van der Waals surface area (Å²) in [7, 11) is 0. The molecule has 0 aliphatic carbocycles. The molecule has 1 aliphatic rings. The van der Waals surface area contributed by atoms with E-state index in [0.29, 0.717) is 29.0 Å². The van der Waals surface area contributed by atoms with Gasteiger partial charge in [0.2, 0.25) is 0 Å². The Morgan fingerprint density at radius 1 is 1.24 bits per heavy atom. The number of aromatic nitrogens is 4. The highest BCUT2D eigenvalue weighted by atomic mass is 35.5. The van der Waals surface area contributed by atoms with Crippen LogP contribution in [0.15, 0.2) is 47.4 Å². The first-order chi connectivity index (χ1) is 14.1. The van der Waals surface area contributed by atoms with Crippen molar-refractivity contribution < 1.29 is 4.52 Å². The molecule has 1 aliphatic heterocycles. The number of nitrogens with one attached hydrogen (secondary N) is 2. The zero-order chi connectivity index (χ0) is 20.0. The van der Waals surface area contributed by atoms with Gasteiger partial charge in [-0.2, -0.15) is 4.98 Å². The smallest absolute Gasteiger partial charge is 0.257 e. The lowest BCUT2D eigenvalue weighted by molar-refractivity contribution is 0.430. The number of nitrogens with zero attached hydrogens (tertiary/aromatic N) is 4. The van der Waals surface area contributed by atoms with Gasteiger partial charge in [-0.25, -0.2) is 9.97 Å². The van der Waals surface area contributed by atoms with Gasteiger partial charge in [0, 0.05) is 27.9 Å². The average Bonchev–Trinajstić information content (AvgIpc) is 3.38. The number of hydrogen-bond acceptors (Lipinski definition) is 7. The van der Waals surface area contributed by atoms with Gasteiger partial charge < -0.3 is 9.84 Å². The number of thiophene rings is 1. The van der Waals surface area contributed by atoms with Crippen molar-refractivity contribution in [1.82, 2.24) is 25.4 Å². The molecule has 5 rings (SSSR count). The van der Waals surface area contributed by atoms with Crippen molar-refractivity contribution in [2.75, 3.05) is 0 Å². The summed E-state index contributed by atoms with van der Waals surface area (Å²) in [4.78, 5) is 14.8. The Bertz CT molecular complexity index is 1220. The summed E-state index contributed by atoms with van der Waals surface area (Å²) in [6, 6.07) is 9.76. The van der Waals surface area contributed by atoms with Gasteiger partial charge in [0.05, 0.1) is 22.3 Å². The van der Waals surface area contributed by atoms with Gasteiger partial charge in [0.1, 0.15) is 11.7 Å². The fourth-order valence-corrected chi connectivity index (χ4v) is 4.93. The molecular formula is C20H15ClN6OS. The van der Waals surface area contributed by atoms with Crippen LogP contribution in [0.25, 0.3) is 21.9 Å². The standard InChI is InChI=1S/C20H15ClN6OS/c1-10-23-8-13-15(26-10)7-16(27-19(13)22)18-14(21)6-17(29-18)11-3-2-4-12(5-11)20-24-9-25-28-20/h2-6,8-9,16H,7H2,1H3,(H2,22,27). The molecule has 4 heterocycles. The lowest BCUT2D eigenvalue weighted by Gasteiger charge is -2.26. The van der Waals surface area contributed by atoms with Crippen LogP contribution < -0.4 is 5.32 Å². The third-order valence-electron chi connectivity index (χ3n) is 4.76. The largest absolute Gasteiger partial charge is 0.362 e. The molecule has 1 unspecified atom stereocenters. The molecule has 0 bridgehead atoms. The Hall–Kier alpha value is -3.10. The lowest BCUT2D eigenvalue weighted by Crippen LogP contribution is -2.36. The van der Waals surface area contributed by atoms with Crippen molar-refractivity contribution in [2.24, 2.45) is 0 Å². The van der Waals surface area contributed by atoms with Crippen LogP contribution in [-0.2, 0) is 6.42 Å². The Kier molecular flexibility index (Phi) is 4.37. The fraction of sp³-hybridized carbons (Fsp3) is 0.150. The molecule has 0 fully saturated rings. The number of rotatable bonds is 3. The number of hydrogen-bond donors (Lipinski definition) is 2. The predicted octanol–water partition coefficient (Wildman–Crippen LogP) is 4.43. The van der Waals surface area contributed by atoms with Crippen LogP contribution in [0.5, 0.6) is 0 Å². The number of amidine groups is 1. The van der Waals surface area contributed by atoms with E-state index in [-0.39, 0.29) is 6.04 Å². The molecular weight excluding hydrogens is 408 g/mol. The first kappa shape index (κ1) is 18.0. The van der Waals surface area contributed by atoms with Crippen LogP contribution in [0.2, 0.25) is 5.02 Å². The second-order valence-corrected chi connectivity index (χ2v) is 8.19. The number of fused-ring (bicyclic) bond motifs is 1. The Labute approximate surface area is 175 Å². The summed E-state index contributed by atoms with van der Waals surface area (Å²) < 4.78 is 5.16. The second-order valence-electron chi connectivity index (χ2n) is 6.70. The maximum absolute atomic E-state index is 8.32. The molecule has 0 amide bonds. The second kappa shape index (κ2) is 7.06. The van der Waals surface area contributed by atoms with E-state index in [4.69, 9.17) is 21.5 Å². The quantitative estimate of drug-likeness (QED) is 0.506. The number of halogens is 1. The van der Waals surface area contributed by atoms with E-state index in [1.807, 2.05) is 37.3 Å². The third kappa shape index (κ3) is 3.30. The van der Waals surface area contributed by atoms with Crippen molar-refractivity contribution >= 4 is 28.8 Å². The van der Waals surface area contributed by atoms with E-state index in [2.05, 4.69) is 25.4 Å². The Morgan fingerprint density at radius 3 is 2.93 bits per heavy atom. The van der Waals surface area contributed by atoms with Gasteiger partial charge in [-0.15, -0.1) is 11.3 Å². The van der Waals surface area contributed by atoms with Crippen molar-refractivity contribution in [1.29, 1.82) is 5.41 Å². The molecule has 144 valence electrons. The Balaban J connectivity index is 1.49. The average molecular weight is 423 g/mol. The highest BCUT2D eigenvalue weighted by Crippen LogP contribution is 2.40. The lowest BCUT2D eigenvalue weighted by atomic mass is 10.00. The summed E-state index contributed by atoms with van der Waals surface area (Å²) >= 11 is 8.20. The molecule has 1 aromatic carbocycles. The van der Waals surface area contributed by atoms with E-state index in [0.717, 1.165) is 32.1 Å². The van der Waals surface area contributed by atoms with E-state index < -0.39 is 0 Å². The zero-order valence-electron chi connectivity index (χ0n) is 15.3. The SMILES string of the molecule is Cc1ncc2c(n1)CC(c1sc(-c3cccc(-c4ncno4)c3)cc1Cl)NC2=N. The summed E-state index contributed by atoms with van der Waals surface area (Å²) in [5.74, 6) is 1.50. The van der Waals surface area contributed by atoms with Crippen molar-refractivity contribution in [3.8, 4) is 21.9 Å². The molecule has 9 heteroatoms. The van der Waals surface area contributed by atoms with Crippen LogP contribution in [0.1, 0.15) is 28.0 Å². The maximum Gasteiger partial charge on any atom is 0.257 e. The minimum atomic E-state index is -0.102. The normalized spacial score (nSPS) is 15.8. The maximum atomic E-state index is 8.32. The first-order valence-electron chi connectivity index (χ1n) is 8.93. The van der Waals surface area contributed by atoms with Gasteiger partial charge in [0.15, 0.2) is 6.33 Å². The van der Waals surface area contributed by atoms with Crippen molar-refractivity contribution in [3.63, 3.8) is 0 Å². The fourth-order valence-electron chi connectivity index (χ4n) is 3.40. The molecule has 0 saturated carbocycles. The highest BCUT2D eigenvalue weighted by Gasteiger charge is 2.28. The topological polar surface area (TPSA) is 101 Å². The molecule has 2 N–H and O–H groups in total. The molecule has 1 atom stereocenters. The van der Waals surface area contributed by atoms with Gasteiger partial charge >= 0.3 is 0 Å².